The number of aryl methyl sites for hydroxylation is 1. The Morgan fingerprint density at radius 2 is 0.744 bits per heavy atom. The molecule has 15 rings (SSSR count). The molecule has 2 aliphatic carbocycles. The second-order valence-corrected chi connectivity index (χ2v) is 33.0. The largest absolute Gasteiger partial charge is 0.311 e. The van der Waals surface area contributed by atoms with Crippen LogP contribution in [0.1, 0.15) is 184 Å². The van der Waals surface area contributed by atoms with Crippen LogP contribution >= 0.6 is 11.3 Å². The topological polar surface area (TPSA) is 9.72 Å². The zero-order valence-corrected chi connectivity index (χ0v) is 57.1. The number of nitrogens with zero attached hydrogens (tertiary/aromatic N) is 3. The van der Waals surface area contributed by atoms with Crippen molar-refractivity contribution >= 4 is 106 Å². The van der Waals surface area contributed by atoms with Crippen LogP contribution in [0.4, 0.5) is 51.2 Å². The van der Waals surface area contributed by atoms with Crippen molar-refractivity contribution in [3.63, 3.8) is 0 Å². The third kappa shape index (κ3) is 8.50. The van der Waals surface area contributed by atoms with Gasteiger partial charge in [0, 0.05) is 76.9 Å². The minimum absolute atomic E-state index is 0.0192. The van der Waals surface area contributed by atoms with Gasteiger partial charge in [0.05, 0.1) is 16.1 Å². The van der Waals surface area contributed by atoms with Crippen LogP contribution in [0.3, 0.4) is 0 Å². The van der Waals surface area contributed by atoms with E-state index in [4.69, 9.17) is 0 Å². The Hall–Kier alpha value is -8.12. The summed E-state index contributed by atoms with van der Waals surface area (Å²) in [5, 5.41) is 2.58. The summed E-state index contributed by atoms with van der Waals surface area (Å²) in [5.41, 5.74) is 29.8. The van der Waals surface area contributed by atoms with Crippen molar-refractivity contribution in [2.75, 3.05) is 14.7 Å². The lowest BCUT2D eigenvalue weighted by Crippen LogP contribution is -2.62. The molecule has 0 saturated heterocycles. The fourth-order valence-corrected chi connectivity index (χ4v) is 17.7. The van der Waals surface area contributed by atoms with Crippen molar-refractivity contribution in [3.8, 4) is 0 Å². The van der Waals surface area contributed by atoms with Crippen molar-refractivity contribution in [2.45, 2.75) is 163 Å². The average molecular weight is 1190 g/mol. The second-order valence-electron chi connectivity index (χ2n) is 31.9. The molecular weight excluding hydrogens is 1110 g/mol. The first-order valence-electron chi connectivity index (χ1n) is 32.9. The number of rotatable bonds is 5. The third-order valence-electron chi connectivity index (χ3n) is 21.7. The van der Waals surface area contributed by atoms with Crippen LogP contribution in [0.15, 0.2) is 194 Å². The summed E-state index contributed by atoms with van der Waals surface area (Å²) in [7, 11) is 0. The van der Waals surface area contributed by atoms with Crippen molar-refractivity contribution in [2.24, 2.45) is 0 Å². The molecule has 0 atom stereocenters. The number of thiophene rings is 1. The number of benzene rings is 10. The van der Waals surface area contributed by atoms with E-state index in [0.29, 0.717) is 0 Å². The molecule has 0 saturated carbocycles. The SMILES string of the molecule is Cc1cc(C(C)(C)C)ccc1N1c2cc3c(cc2B2c4cc5c(cc4N(c4cccc6c4sc4ccccc46)c4cc(N(c6ccc(C(C)(C)C)cc6)c6ccc(C(C)(C)C)cc6)cc1c42)C(C)(C)c1ccccc1C5(C)C)C(C)(C)c1ccccc1C3(C)C. The maximum Gasteiger partial charge on any atom is 0.252 e. The summed E-state index contributed by atoms with van der Waals surface area (Å²) in [5.74, 6) is 0. The Labute approximate surface area is 540 Å². The highest BCUT2D eigenvalue weighted by molar-refractivity contribution is 7.26. The van der Waals surface area contributed by atoms with Gasteiger partial charge in [-0.2, -0.15) is 0 Å². The molecule has 450 valence electrons. The van der Waals surface area contributed by atoms with Crippen LogP contribution in [0.25, 0.3) is 20.2 Å². The summed E-state index contributed by atoms with van der Waals surface area (Å²) < 4.78 is 2.58. The van der Waals surface area contributed by atoms with Crippen LogP contribution in [0.5, 0.6) is 0 Å². The number of fused-ring (bicyclic) bond motifs is 11. The molecule has 1 aromatic heterocycles. The monoisotopic (exact) mass is 1190 g/mol. The maximum absolute atomic E-state index is 2.74. The predicted molar refractivity (Wildman–Crippen MR) is 390 cm³/mol. The lowest BCUT2D eigenvalue weighted by atomic mass is 9.32. The highest BCUT2D eigenvalue weighted by Gasteiger charge is 2.51. The van der Waals surface area contributed by atoms with Crippen molar-refractivity contribution in [1.29, 1.82) is 0 Å². The molecule has 5 heteroatoms. The summed E-state index contributed by atoms with van der Waals surface area (Å²) in [4.78, 5) is 8.00. The lowest BCUT2D eigenvalue weighted by molar-refractivity contribution is 0.521. The van der Waals surface area contributed by atoms with Crippen molar-refractivity contribution in [1.82, 2.24) is 0 Å². The Morgan fingerprint density at radius 1 is 0.344 bits per heavy atom. The Bertz CT molecular complexity index is 4740. The molecule has 0 amide bonds. The van der Waals surface area contributed by atoms with E-state index in [2.05, 4.69) is 333 Å². The molecule has 90 heavy (non-hydrogen) atoms. The van der Waals surface area contributed by atoms with Gasteiger partial charge in [-0.15, -0.1) is 11.3 Å². The molecule has 0 N–H and O–H groups in total. The standard InChI is InChI=1S/C85H86BN3S/c1-51-44-54(81(8,9)10)38-43-70(51)88-72-49-66-64(82(11,12)60-28-20-22-30-62(60)84(66,15)16)47-68(72)86-69-48-65-67(85(17,18)63-31-23-21-29-61(63)83(65,13)14)50-73(69)89(71-32-25-27-59-58-26-19-24-33-76(58)90-78(59)71)75-46-57(45-74(88)77(75)86)87(55-39-34-52(35-40-55)79(2,3)4)56-41-36-53(37-42-56)80(5,6)7/h19-50H,1-18H3. The number of anilines is 9. The van der Waals surface area contributed by atoms with Crippen LogP contribution < -0.4 is 31.1 Å². The first kappa shape index (κ1) is 58.3. The van der Waals surface area contributed by atoms with Gasteiger partial charge in [0.1, 0.15) is 0 Å². The van der Waals surface area contributed by atoms with E-state index in [1.165, 1.54) is 137 Å². The van der Waals surface area contributed by atoms with Gasteiger partial charge in [-0.3, -0.25) is 0 Å². The van der Waals surface area contributed by atoms with Crippen LogP contribution in [0, 0.1) is 6.92 Å². The molecule has 2 aliphatic heterocycles. The van der Waals surface area contributed by atoms with Gasteiger partial charge in [0.25, 0.3) is 6.71 Å². The van der Waals surface area contributed by atoms with Crippen molar-refractivity contribution in [3.05, 3.63) is 261 Å². The summed E-state index contributed by atoms with van der Waals surface area (Å²) in [6.45, 7) is 42.9. The molecule has 0 fully saturated rings. The first-order chi connectivity index (χ1) is 42.5. The van der Waals surface area contributed by atoms with E-state index < -0.39 is 0 Å². The Morgan fingerprint density at radius 3 is 1.19 bits per heavy atom. The summed E-state index contributed by atoms with van der Waals surface area (Å²) >= 11 is 1.92. The molecule has 3 nitrogen and oxygen atoms in total. The van der Waals surface area contributed by atoms with Crippen LogP contribution in [-0.4, -0.2) is 6.71 Å². The van der Waals surface area contributed by atoms with Gasteiger partial charge in [-0.05, 0) is 173 Å². The quantitative estimate of drug-likeness (QED) is 0.159. The fourth-order valence-electron chi connectivity index (χ4n) is 16.5. The molecule has 0 bridgehead atoms. The van der Waals surface area contributed by atoms with Gasteiger partial charge in [-0.25, -0.2) is 0 Å². The number of hydrogen-bond acceptors (Lipinski definition) is 4. The predicted octanol–water partition coefficient (Wildman–Crippen LogP) is 21.7. The van der Waals surface area contributed by atoms with E-state index in [9.17, 15) is 0 Å². The average Bonchev–Trinajstić information content (AvgIpc) is 0.693. The number of hydrogen-bond donors (Lipinski definition) is 0. The van der Waals surface area contributed by atoms with E-state index in [0.717, 1.165) is 17.1 Å². The van der Waals surface area contributed by atoms with Gasteiger partial charge < -0.3 is 14.7 Å². The zero-order chi connectivity index (χ0) is 63.3. The fraction of sp³-hybridized carbons (Fsp3) is 0.294. The molecule has 0 unspecified atom stereocenters. The maximum atomic E-state index is 2.74. The normalized spacial score (nSPS) is 16.4. The highest BCUT2D eigenvalue weighted by Crippen LogP contribution is 2.57. The van der Waals surface area contributed by atoms with Crippen LogP contribution in [-0.2, 0) is 37.9 Å². The Kier molecular flexibility index (Phi) is 12.6. The van der Waals surface area contributed by atoms with Crippen molar-refractivity contribution < 1.29 is 0 Å². The Balaban J connectivity index is 1.13. The van der Waals surface area contributed by atoms with Gasteiger partial charge in [0.2, 0.25) is 0 Å². The van der Waals surface area contributed by atoms with Gasteiger partial charge in [-0.1, -0.05) is 245 Å². The van der Waals surface area contributed by atoms with Gasteiger partial charge in [0.15, 0.2) is 0 Å². The lowest BCUT2D eigenvalue weighted by Gasteiger charge is -2.50. The highest BCUT2D eigenvalue weighted by atomic mass is 32.1. The van der Waals surface area contributed by atoms with E-state index in [1.807, 2.05) is 11.3 Å². The second kappa shape index (κ2) is 19.5. The van der Waals surface area contributed by atoms with E-state index in [-0.39, 0.29) is 44.6 Å². The molecule has 11 aromatic rings. The minimum Gasteiger partial charge on any atom is -0.311 e. The molecular formula is C85H86BN3S. The van der Waals surface area contributed by atoms with Gasteiger partial charge >= 0.3 is 0 Å². The summed E-state index contributed by atoms with van der Waals surface area (Å²) in [6.07, 6.45) is 0. The summed E-state index contributed by atoms with van der Waals surface area (Å²) in [6, 6.07) is 76.8. The molecule has 0 radical (unpaired) electrons. The van der Waals surface area contributed by atoms with E-state index in [1.54, 1.807) is 0 Å². The molecule has 3 heterocycles. The molecule has 4 aliphatic rings. The van der Waals surface area contributed by atoms with E-state index >= 15 is 0 Å². The zero-order valence-electron chi connectivity index (χ0n) is 56.3. The third-order valence-corrected chi connectivity index (χ3v) is 22.9. The smallest absolute Gasteiger partial charge is 0.252 e. The minimum atomic E-state index is -0.297. The first-order valence-corrected chi connectivity index (χ1v) is 33.7. The molecule has 0 spiro atoms. The van der Waals surface area contributed by atoms with Crippen LogP contribution in [0.2, 0.25) is 0 Å². The molecule has 10 aromatic carbocycles.